The third kappa shape index (κ3) is 5.46. The maximum Gasteiger partial charge on any atom is 0.338 e. The molecule has 0 saturated carbocycles. The second-order valence-electron chi connectivity index (χ2n) is 8.16. The second kappa shape index (κ2) is 10.8. The van der Waals surface area contributed by atoms with E-state index in [-0.39, 0.29) is 12.6 Å². The first-order chi connectivity index (χ1) is 16.5. The van der Waals surface area contributed by atoms with Crippen molar-refractivity contribution in [1.29, 1.82) is 0 Å². The number of carbonyl (C=O) groups is 2. The Bertz CT molecular complexity index is 1050. The molecular weight excluding hydrogens is 456 g/mol. The highest BCUT2D eigenvalue weighted by molar-refractivity contribution is 6.30. The summed E-state index contributed by atoms with van der Waals surface area (Å²) in [5.41, 5.74) is 2.91. The lowest BCUT2D eigenvalue weighted by atomic mass is 9.94. The molecule has 0 spiro atoms. The number of hydrogen-bond acceptors (Lipinski definition) is 6. The molecule has 0 radical (unpaired) electrons. The molecule has 2 heterocycles. The number of nitrogens with one attached hydrogen (secondary N) is 2. The molecule has 2 N–H and O–H groups in total. The first-order valence-electron chi connectivity index (χ1n) is 11.3. The van der Waals surface area contributed by atoms with Crippen molar-refractivity contribution < 1.29 is 19.1 Å². The van der Waals surface area contributed by atoms with Crippen LogP contribution >= 0.6 is 11.6 Å². The summed E-state index contributed by atoms with van der Waals surface area (Å²) < 4.78 is 10.6. The number of amides is 2. The van der Waals surface area contributed by atoms with Gasteiger partial charge in [0.25, 0.3) is 0 Å². The van der Waals surface area contributed by atoms with Crippen LogP contribution in [0, 0.1) is 0 Å². The van der Waals surface area contributed by atoms with Crippen LogP contribution in [-0.4, -0.2) is 63.3 Å². The van der Waals surface area contributed by atoms with Crippen molar-refractivity contribution in [2.45, 2.75) is 13.0 Å². The van der Waals surface area contributed by atoms with E-state index in [2.05, 4.69) is 20.4 Å². The van der Waals surface area contributed by atoms with Crippen molar-refractivity contribution in [2.24, 2.45) is 0 Å². The summed E-state index contributed by atoms with van der Waals surface area (Å²) in [4.78, 5) is 30.1. The van der Waals surface area contributed by atoms with Gasteiger partial charge in [-0.2, -0.15) is 0 Å². The van der Waals surface area contributed by atoms with Crippen LogP contribution in [0.25, 0.3) is 0 Å². The van der Waals surface area contributed by atoms with Gasteiger partial charge in [-0.1, -0.05) is 23.7 Å². The molecule has 8 nitrogen and oxygen atoms in total. The van der Waals surface area contributed by atoms with E-state index in [0.29, 0.717) is 28.6 Å². The molecular formula is C25H29ClN4O4. The van der Waals surface area contributed by atoms with Gasteiger partial charge in [-0.15, -0.1) is 0 Å². The Morgan fingerprint density at radius 2 is 1.74 bits per heavy atom. The highest BCUT2D eigenvalue weighted by atomic mass is 35.5. The number of rotatable bonds is 7. The largest absolute Gasteiger partial charge is 0.497 e. The minimum absolute atomic E-state index is 0.249. The van der Waals surface area contributed by atoms with E-state index in [0.717, 1.165) is 37.4 Å². The normalized spacial score (nSPS) is 18.9. The van der Waals surface area contributed by atoms with Gasteiger partial charge in [-0.05, 0) is 48.9 Å². The lowest BCUT2D eigenvalue weighted by molar-refractivity contribution is -0.139. The molecule has 2 aromatic rings. The molecule has 34 heavy (non-hydrogen) atoms. The third-order valence-electron chi connectivity index (χ3n) is 6.04. The number of hydrogen-bond donors (Lipinski definition) is 2. The molecule has 9 heteroatoms. The van der Waals surface area contributed by atoms with Crippen LogP contribution in [0.4, 0.5) is 10.5 Å². The van der Waals surface area contributed by atoms with E-state index >= 15 is 0 Å². The maximum atomic E-state index is 13.0. The van der Waals surface area contributed by atoms with E-state index < -0.39 is 12.0 Å². The van der Waals surface area contributed by atoms with E-state index in [9.17, 15) is 9.59 Å². The summed E-state index contributed by atoms with van der Waals surface area (Å²) in [7, 11) is 1.59. The quantitative estimate of drug-likeness (QED) is 0.586. The average molecular weight is 485 g/mol. The van der Waals surface area contributed by atoms with Crippen LogP contribution in [0.15, 0.2) is 59.8 Å². The zero-order valence-electron chi connectivity index (χ0n) is 19.3. The number of methoxy groups -OCH3 is 1. The standard InChI is InChI=1S/C25H29ClN4O4/c1-3-34-24(31)22-21(27-25(32)28-23(22)17-4-10-20(33-2)11-5-17)16-29-12-14-30(15-13-29)19-8-6-18(26)7-9-19/h4-11,23H,3,12-16H2,1-2H3,(H2,27,28,32)/t23-/m1/s1. The van der Waals surface area contributed by atoms with Gasteiger partial charge < -0.3 is 25.0 Å². The zero-order chi connectivity index (χ0) is 24.1. The van der Waals surface area contributed by atoms with Gasteiger partial charge in [-0.25, -0.2) is 9.59 Å². The topological polar surface area (TPSA) is 83.1 Å². The highest BCUT2D eigenvalue weighted by Crippen LogP contribution is 2.30. The molecule has 1 saturated heterocycles. The van der Waals surface area contributed by atoms with E-state index in [1.54, 1.807) is 14.0 Å². The van der Waals surface area contributed by atoms with Crippen LogP contribution in [0.3, 0.4) is 0 Å². The van der Waals surface area contributed by atoms with Gasteiger partial charge in [0.1, 0.15) is 5.75 Å². The minimum atomic E-state index is -0.607. The van der Waals surface area contributed by atoms with Gasteiger partial charge >= 0.3 is 12.0 Å². The van der Waals surface area contributed by atoms with Crippen LogP contribution in [0.1, 0.15) is 18.5 Å². The average Bonchev–Trinajstić information content (AvgIpc) is 2.85. The fourth-order valence-corrected chi connectivity index (χ4v) is 4.40. The fourth-order valence-electron chi connectivity index (χ4n) is 4.28. The first kappa shape index (κ1) is 23.9. The van der Waals surface area contributed by atoms with Crippen LogP contribution in [0.2, 0.25) is 5.02 Å². The Morgan fingerprint density at radius 3 is 2.35 bits per heavy atom. The van der Waals surface area contributed by atoms with Gasteiger partial charge in [-0.3, -0.25) is 4.90 Å². The van der Waals surface area contributed by atoms with Gasteiger partial charge in [0.2, 0.25) is 0 Å². The Balaban J connectivity index is 1.54. The Morgan fingerprint density at radius 1 is 1.06 bits per heavy atom. The van der Waals surface area contributed by atoms with E-state index in [1.165, 1.54) is 0 Å². The van der Waals surface area contributed by atoms with Crippen molar-refractivity contribution in [3.8, 4) is 5.75 Å². The van der Waals surface area contributed by atoms with Crippen molar-refractivity contribution in [2.75, 3.05) is 51.3 Å². The summed E-state index contributed by atoms with van der Waals surface area (Å²) >= 11 is 6.01. The van der Waals surface area contributed by atoms with Crippen molar-refractivity contribution in [1.82, 2.24) is 15.5 Å². The van der Waals surface area contributed by atoms with Crippen molar-refractivity contribution in [3.63, 3.8) is 0 Å². The van der Waals surface area contributed by atoms with Gasteiger partial charge in [0.15, 0.2) is 0 Å². The van der Waals surface area contributed by atoms with Crippen molar-refractivity contribution in [3.05, 3.63) is 70.4 Å². The molecule has 0 unspecified atom stereocenters. The molecule has 0 aliphatic carbocycles. The number of piperazine rings is 1. The van der Waals surface area contributed by atoms with Gasteiger partial charge in [0.05, 0.1) is 25.3 Å². The number of halogens is 1. The number of urea groups is 1. The summed E-state index contributed by atoms with van der Waals surface area (Å²) in [6, 6.07) is 14.2. The molecule has 1 atom stereocenters. The summed E-state index contributed by atoms with van der Waals surface area (Å²) in [5.74, 6) is 0.259. The molecule has 1 fully saturated rings. The van der Waals surface area contributed by atoms with Gasteiger partial charge in [0, 0.05) is 49.1 Å². The predicted octanol–water partition coefficient (Wildman–Crippen LogP) is 3.34. The van der Waals surface area contributed by atoms with Crippen molar-refractivity contribution >= 4 is 29.3 Å². The second-order valence-corrected chi connectivity index (χ2v) is 8.59. The number of nitrogens with zero attached hydrogens (tertiary/aromatic N) is 2. The Hall–Kier alpha value is -3.23. The Kier molecular flexibility index (Phi) is 7.59. The molecule has 0 bridgehead atoms. The van der Waals surface area contributed by atoms with E-state index in [4.69, 9.17) is 21.1 Å². The SMILES string of the molecule is CCOC(=O)C1=C(CN2CCN(c3ccc(Cl)cc3)CC2)NC(=O)N[C@@H]1c1ccc(OC)cc1. The molecule has 2 aliphatic rings. The Labute approximate surface area is 204 Å². The lowest BCUT2D eigenvalue weighted by Gasteiger charge is -2.38. The molecule has 2 aliphatic heterocycles. The zero-order valence-corrected chi connectivity index (χ0v) is 20.1. The van der Waals surface area contributed by atoms with Crippen LogP contribution in [0.5, 0.6) is 5.75 Å². The third-order valence-corrected chi connectivity index (χ3v) is 6.30. The molecule has 2 amide bonds. The first-order valence-corrected chi connectivity index (χ1v) is 11.7. The minimum Gasteiger partial charge on any atom is -0.497 e. The number of esters is 1. The smallest absolute Gasteiger partial charge is 0.338 e. The fraction of sp³-hybridized carbons (Fsp3) is 0.360. The summed E-state index contributed by atoms with van der Waals surface area (Å²) in [6.45, 7) is 5.71. The number of ether oxygens (including phenoxy) is 2. The lowest BCUT2D eigenvalue weighted by Crippen LogP contribution is -2.51. The van der Waals surface area contributed by atoms with Crippen LogP contribution in [-0.2, 0) is 9.53 Å². The van der Waals surface area contributed by atoms with E-state index in [1.807, 2.05) is 48.5 Å². The molecule has 180 valence electrons. The highest BCUT2D eigenvalue weighted by Gasteiger charge is 2.34. The summed E-state index contributed by atoms with van der Waals surface area (Å²) in [5, 5.41) is 6.45. The molecule has 0 aromatic heterocycles. The monoisotopic (exact) mass is 484 g/mol. The number of benzene rings is 2. The van der Waals surface area contributed by atoms with Crippen LogP contribution < -0.4 is 20.3 Å². The number of anilines is 1. The predicted molar refractivity (Wildman–Crippen MR) is 131 cm³/mol. The summed E-state index contributed by atoms with van der Waals surface area (Å²) in [6.07, 6.45) is 0. The molecule has 4 rings (SSSR count). The molecule has 2 aromatic carbocycles. The maximum absolute atomic E-state index is 13.0. The number of carbonyl (C=O) groups excluding carboxylic acids is 2.